The first-order chi connectivity index (χ1) is 25.2. The zero-order valence-corrected chi connectivity index (χ0v) is 32.5. The van der Waals surface area contributed by atoms with Crippen LogP contribution in [0.1, 0.15) is 45.9 Å². The predicted molar refractivity (Wildman–Crippen MR) is 214 cm³/mol. The van der Waals surface area contributed by atoms with Crippen LogP contribution in [0.5, 0.6) is 23.1 Å². The fourth-order valence-electron chi connectivity index (χ4n) is 6.27. The second kappa shape index (κ2) is 18.7. The molecule has 2 heterocycles. The fourth-order valence-corrected chi connectivity index (χ4v) is 6.27. The van der Waals surface area contributed by atoms with E-state index >= 15 is 0 Å². The topological polar surface area (TPSA) is 64.1 Å². The number of carbonyl (C=O) groups is 1. The Morgan fingerprint density at radius 2 is 1.43 bits per heavy atom. The summed E-state index contributed by atoms with van der Waals surface area (Å²) in [6.07, 6.45) is 6.09. The second-order valence-electron chi connectivity index (χ2n) is 13.5. The number of piperazine rings is 1. The Morgan fingerprint density at radius 1 is 0.811 bits per heavy atom. The molecule has 276 valence electrons. The molecule has 0 bridgehead atoms. The largest absolute Gasteiger partial charge is 0.490 e. The van der Waals surface area contributed by atoms with Crippen molar-refractivity contribution in [2.24, 2.45) is 0 Å². The van der Waals surface area contributed by atoms with Crippen LogP contribution in [0.4, 0.5) is 4.39 Å². The van der Waals surface area contributed by atoms with Crippen molar-refractivity contribution in [3.63, 3.8) is 0 Å². The molecule has 1 aromatic heterocycles. The Balaban J connectivity index is 0.00000541. The van der Waals surface area contributed by atoms with Crippen LogP contribution in [0.25, 0.3) is 6.08 Å². The van der Waals surface area contributed by atoms with Crippen molar-refractivity contribution < 1.29 is 23.4 Å². The van der Waals surface area contributed by atoms with Crippen LogP contribution >= 0.6 is 17.0 Å². The molecule has 5 aromatic rings. The van der Waals surface area contributed by atoms with Gasteiger partial charge in [0.2, 0.25) is 11.8 Å². The van der Waals surface area contributed by atoms with Crippen molar-refractivity contribution in [3.05, 3.63) is 154 Å². The van der Waals surface area contributed by atoms with E-state index < -0.39 is 0 Å². The van der Waals surface area contributed by atoms with Gasteiger partial charge >= 0.3 is 0 Å². The standard InChI is InChI=1S/C44H46FN3O4.BrH/c1-31-5-16-40(17-6-31)51-34(4)27-35-7-9-36(10-8-35)29-47-21-23-48(24-22-47)43(49)20-13-38-25-32(2)44(33(3)26-38)52-42-19-18-41(28-46-42)50-30-37-11-14-39(45)15-12-37;/h5-20,25-26,28,34H,21-24,27,29-30H2,1-4H3;1H. The van der Waals surface area contributed by atoms with Gasteiger partial charge in [-0.2, -0.15) is 0 Å². The maximum absolute atomic E-state index is 13.1. The van der Waals surface area contributed by atoms with E-state index in [0.29, 0.717) is 31.3 Å². The van der Waals surface area contributed by atoms with Gasteiger partial charge in [0.15, 0.2) is 0 Å². The number of hydrogen-bond acceptors (Lipinski definition) is 6. The van der Waals surface area contributed by atoms with Crippen LogP contribution in [0.15, 0.2) is 109 Å². The van der Waals surface area contributed by atoms with Gasteiger partial charge in [-0.05, 0) is 110 Å². The van der Waals surface area contributed by atoms with Crippen LogP contribution in [0.2, 0.25) is 0 Å². The Bertz CT molecular complexity index is 1940. The normalized spacial score (nSPS) is 13.7. The molecule has 4 aromatic carbocycles. The van der Waals surface area contributed by atoms with E-state index in [1.54, 1.807) is 36.5 Å². The summed E-state index contributed by atoms with van der Waals surface area (Å²) >= 11 is 0. The first kappa shape index (κ1) is 39.2. The van der Waals surface area contributed by atoms with Crippen LogP contribution in [-0.4, -0.2) is 53.0 Å². The molecular weight excluding hydrogens is 733 g/mol. The van der Waals surface area contributed by atoms with E-state index in [2.05, 4.69) is 60.1 Å². The molecule has 0 aliphatic carbocycles. The lowest BCUT2D eigenvalue weighted by Crippen LogP contribution is -2.47. The van der Waals surface area contributed by atoms with Gasteiger partial charge in [-0.15, -0.1) is 17.0 Å². The number of pyridine rings is 1. The maximum Gasteiger partial charge on any atom is 0.246 e. The summed E-state index contributed by atoms with van der Waals surface area (Å²) in [7, 11) is 0. The van der Waals surface area contributed by atoms with E-state index in [1.807, 2.05) is 49.1 Å². The Hall–Kier alpha value is -4.99. The molecule has 1 aliphatic rings. The van der Waals surface area contributed by atoms with Crippen LogP contribution < -0.4 is 14.2 Å². The van der Waals surface area contributed by atoms with E-state index in [-0.39, 0.29) is 34.8 Å². The number of rotatable bonds is 13. The second-order valence-corrected chi connectivity index (χ2v) is 13.5. The number of carbonyl (C=O) groups excluding carboxylic acids is 1. The molecule has 53 heavy (non-hydrogen) atoms. The molecule has 1 amide bonds. The minimum atomic E-state index is -0.277. The molecule has 9 heteroatoms. The summed E-state index contributed by atoms with van der Waals surface area (Å²) in [5, 5.41) is 0. The van der Waals surface area contributed by atoms with Gasteiger partial charge in [-0.25, -0.2) is 9.37 Å². The van der Waals surface area contributed by atoms with Crippen molar-refractivity contribution in [3.8, 4) is 23.1 Å². The number of benzene rings is 4. The van der Waals surface area contributed by atoms with Crippen molar-refractivity contribution in [2.75, 3.05) is 26.2 Å². The van der Waals surface area contributed by atoms with Gasteiger partial charge in [0.25, 0.3) is 0 Å². The number of amides is 1. The van der Waals surface area contributed by atoms with E-state index in [9.17, 15) is 9.18 Å². The highest BCUT2D eigenvalue weighted by atomic mass is 79.9. The first-order valence-corrected chi connectivity index (χ1v) is 17.8. The smallest absolute Gasteiger partial charge is 0.246 e. The number of nitrogens with zero attached hydrogens (tertiary/aromatic N) is 3. The number of hydrogen-bond donors (Lipinski definition) is 0. The number of aryl methyl sites for hydroxylation is 3. The third-order valence-electron chi connectivity index (χ3n) is 9.13. The highest BCUT2D eigenvalue weighted by Gasteiger charge is 2.20. The lowest BCUT2D eigenvalue weighted by atomic mass is 10.0. The highest BCUT2D eigenvalue weighted by molar-refractivity contribution is 8.93. The minimum Gasteiger partial charge on any atom is -0.490 e. The van der Waals surface area contributed by atoms with E-state index in [1.165, 1.54) is 28.8 Å². The quantitative estimate of drug-likeness (QED) is 0.111. The van der Waals surface area contributed by atoms with Crippen LogP contribution in [0, 0.1) is 26.6 Å². The van der Waals surface area contributed by atoms with Gasteiger partial charge < -0.3 is 19.1 Å². The summed E-state index contributed by atoms with van der Waals surface area (Å²) in [5.74, 6) is 2.41. The van der Waals surface area contributed by atoms with Gasteiger partial charge in [-0.1, -0.05) is 54.1 Å². The zero-order valence-electron chi connectivity index (χ0n) is 30.8. The van der Waals surface area contributed by atoms with Crippen LogP contribution in [0.3, 0.4) is 0 Å². The van der Waals surface area contributed by atoms with Crippen molar-refractivity contribution >= 4 is 29.0 Å². The summed E-state index contributed by atoms with van der Waals surface area (Å²) in [6.45, 7) is 12.4. The molecule has 0 radical (unpaired) electrons. The molecule has 1 fully saturated rings. The molecule has 0 saturated carbocycles. The zero-order chi connectivity index (χ0) is 36.5. The van der Waals surface area contributed by atoms with Gasteiger partial charge in [0.1, 0.15) is 29.7 Å². The number of ether oxygens (including phenoxy) is 3. The summed E-state index contributed by atoms with van der Waals surface area (Å²) in [6, 6.07) is 30.7. The third-order valence-corrected chi connectivity index (χ3v) is 9.13. The molecule has 1 unspecified atom stereocenters. The summed E-state index contributed by atoms with van der Waals surface area (Å²) in [5.41, 5.74) is 7.44. The fraction of sp³-hybridized carbons (Fsp3) is 0.273. The first-order valence-electron chi connectivity index (χ1n) is 17.8. The van der Waals surface area contributed by atoms with Gasteiger partial charge in [0.05, 0.1) is 12.3 Å². The summed E-state index contributed by atoms with van der Waals surface area (Å²) < 4.78 is 31.1. The van der Waals surface area contributed by atoms with Crippen molar-refractivity contribution in [1.82, 2.24) is 14.8 Å². The third kappa shape index (κ3) is 11.5. The molecule has 6 rings (SSSR count). The predicted octanol–water partition coefficient (Wildman–Crippen LogP) is 9.46. The lowest BCUT2D eigenvalue weighted by molar-refractivity contribution is -0.127. The lowest BCUT2D eigenvalue weighted by Gasteiger charge is -2.34. The monoisotopic (exact) mass is 779 g/mol. The summed E-state index contributed by atoms with van der Waals surface area (Å²) in [4.78, 5) is 21.8. The average molecular weight is 781 g/mol. The Kier molecular flexibility index (Phi) is 13.8. The average Bonchev–Trinajstić information content (AvgIpc) is 3.14. The molecule has 7 nitrogen and oxygen atoms in total. The molecule has 1 aliphatic heterocycles. The molecular formula is C44H47BrFN3O4. The SMILES string of the molecule is Br.Cc1ccc(OC(C)Cc2ccc(CN3CCN(C(=O)C=Cc4cc(C)c(Oc5ccc(OCc6ccc(F)cc6)cn5)c(C)c4)CC3)cc2)cc1. The van der Waals surface area contributed by atoms with Crippen molar-refractivity contribution in [2.45, 2.75) is 53.4 Å². The van der Waals surface area contributed by atoms with Crippen molar-refractivity contribution in [1.29, 1.82) is 0 Å². The molecule has 0 N–H and O–H groups in total. The highest BCUT2D eigenvalue weighted by Crippen LogP contribution is 2.30. The Morgan fingerprint density at radius 3 is 2.08 bits per heavy atom. The molecule has 0 spiro atoms. The van der Waals surface area contributed by atoms with Gasteiger partial charge in [-0.3, -0.25) is 9.69 Å². The molecule has 1 atom stereocenters. The minimum absolute atomic E-state index is 0. The van der Waals surface area contributed by atoms with E-state index in [0.717, 1.165) is 59.8 Å². The van der Waals surface area contributed by atoms with Crippen LogP contribution in [-0.2, 0) is 24.4 Å². The Labute approximate surface area is 322 Å². The number of aromatic nitrogens is 1. The molecule has 1 saturated heterocycles. The maximum atomic E-state index is 13.1. The van der Waals surface area contributed by atoms with E-state index in [4.69, 9.17) is 14.2 Å². The van der Waals surface area contributed by atoms with Gasteiger partial charge in [0, 0.05) is 51.3 Å². The number of halogens is 2.